The van der Waals surface area contributed by atoms with E-state index in [1.807, 2.05) is 0 Å². The van der Waals surface area contributed by atoms with Crippen LogP contribution in [0.5, 0.6) is 0 Å². The number of hydrogen-bond acceptors (Lipinski definition) is 2. The van der Waals surface area contributed by atoms with E-state index in [0.29, 0.717) is 37.1 Å². The van der Waals surface area contributed by atoms with Gasteiger partial charge in [-0.1, -0.05) is 12.1 Å². The van der Waals surface area contributed by atoms with Gasteiger partial charge in [-0.25, -0.2) is 8.78 Å². The van der Waals surface area contributed by atoms with Gasteiger partial charge < -0.3 is 10.0 Å². The summed E-state index contributed by atoms with van der Waals surface area (Å²) in [6, 6.07) is 11.2. The molecule has 1 heterocycles. The molecule has 2 aromatic carbocycles. The van der Waals surface area contributed by atoms with Gasteiger partial charge in [0.05, 0.1) is 5.60 Å². The van der Waals surface area contributed by atoms with Gasteiger partial charge in [0.1, 0.15) is 11.6 Å². The number of aliphatic hydroxyl groups is 1. The third-order valence-corrected chi connectivity index (χ3v) is 4.35. The average Bonchev–Trinajstić information content (AvgIpc) is 2.56. The Hall–Kier alpha value is -2.27. The molecule has 120 valence electrons. The van der Waals surface area contributed by atoms with Crippen LogP contribution in [0.4, 0.5) is 8.78 Å². The van der Waals surface area contributed by atoms with E-state index in [9.17, 15) is 18.7 Å². The summed E-state index contributed by atoms with van der Waals surface area (Å²) in [5.41, 5.74) is 0.0409. The van der Waals surface area contributed by atoms with Gasteiger partial charge in [-0.2, -0.15) is 0 Å². The van der Waals surface area contributed by atoms with Crippen molar-refractivity contribution in [2.45, 2.75) is 18.4 Å². The highest BCUT2D eigenvalue weighted by Gasteiger charge is 2.35. The lowest BCUT2D eigenvalue weighted by Gasteiger charge is -2.38. The Bertz CT molecular complexity index is 690. The van der Waals surface area contributed by atoms with Crippen molar-refractivity contribution in [2.75, 3.05) is 13.1 Å². The van der Waals surface area contributed by atoms with Crippen molar-refractivity contribution in [2.24, 2.45) is 0 Å². The average molecular weight is 317 g/mol. The van der Waals surface area contributed by atoms with E-state index in [1.165, 1.54) is 36.4 Å². The summed E-state index contributed by atoms with van der Waals surface area (Å²) in [4.78, 5) is 14.0. The minimum Gasteiger partial charge on any atom is -0.385 e. The largest absolute Gasteiger partial charge is 0.385 e. The number of nitrogens with zero attached hydrogens (tertiary/aromatic N) is 1. The van der Waals surface area contributed by atoms with Crippen LogP contribution in [0, 0.1) is 11.6 Å². The van der Waals surface area contributed by atoms with Crippen molar-refractivity contribution in [1.29, 1.82) is 0 Å². The van der Waals surface area contributed by atoms with Crippen molar-refractivity contribution < 1.29 is 18.7 Å². The monoisotopic (exact) mass is 317 g/mol. The number of rotatable bonds is 2. The number of carbonyl (C=O) groups is 1. The Morgan fingerprint density at radius 3 is 1.91 bits per heavy atom. The predicted octanol–water partition coefficient (Wildman–Crippen LogP) is 3.09. The number of benzene rings is 2. The second-order valence-corrected chi connectivity index (χ2v) is 5.84. The maximum Gasteiger partial charge on any atom is 0.253 e. The van der Waals surface area contributed by atoms with E-state index in [4.69, 9.17) is 0 Å². The molecule has 1 fully saturated rings. The van der Waals surface area contributed by atoms with Gasteiger partial charge in [-0.15, -0.1) is 0 Å². The molecule has 3 nitrogen and oxygen atoms in total. The van der Waals surface area contributed by atoms with Crippen LogP contribution in [0.3, 0.4) is 0 Å². The van der Waals surface area contributed by atoms with Gasteiger partial charge in [0.15, 0.2) is 0 Å². The fourth-order valence-electron chi connectivity index (χ4n) is 2.90. The summed E-state index contributed by atoms with van der Waals surface area (Å²) in [5.74, 6) is -0.904. The van der Waals surface area contributed by atoms with Gasteiger partial charge >= 0.3 is 0 Å². The van der Waals surface area contributed by atoms with Crippen molar-refractivity contribution in [3.63, 3.8) is 0 Å². The van der Waals surface area contributed by atoms with Crippen molar-refractivity contribution in [3.8, 4) is 0 Å². The second kappa shape index (κ2) is 6.08. The van der Waals surface area contributed by atoms with Gasteiger partial charge in [0.2, 0.25) is 0 Å². The van der Waals surface area contributed by atoms with Crippen molar-refractivity contribution in [3.05, 3.63) is 71.3 Å². The molecule has 2 aromatic rings. The van der Waals surface area contributed by atoms with Crippen LogP contribution in [0.2, 0.25) is 0 Å². The Labute approximate surface area is 133 Å². The molecule has 1 aliphatic rings. The van der Waals surface area contributed by atoms with Gasteiger partial charge in [0, 0.05) is 18.7 Å². The van der Waals surface area contributed by atoms with Gasteiger partial charge in [-0.05, 0) is 54.8 Å². The molecule has 0 radical (unpaired) electrons. The lowest BCUT2D eigenvalue weighted by atomic mass is 9.84. The van der Waals surface area contributed by atoms with Crippen LogP contribution in [-0.4, -0.2) is 29.0 Å². The molecule has 0 bridgehead atoms. The van der Waals surface area contributed by atoms with Crippen LogP contribution in [-0.2, 0) is 5.60 Å². The molecule has 3 rings (SSSR count). The summed E-state index contributed by atoms with van der Waals surface area (Å²) < 4.78 is 25.9. The molecular weight excluding hydrogens is 300 g/mol. The number of amides is 1. The lowest BCUT2D eigenvalue weighted by molar-refractivity contribution is -0.0211. The zero-order chi connectivity index (χ0) is 16.4. The normalized spacial score (nSPS) is 17.1. The molecule has 0 unspecified atom stereocenters. The number of likely N-dealkylation sites (tertiary alicyclic amines) is 1. The molecule has 0 atom stereocenters. The summed E-state index contributed by atoms with van der Waals surface area (Å²) in [7, 11) is 0. The minimum absolute atomic E-state index is 0.175. The smallest absolute Gasteiger partial charge is 0.253 e. The first-order valence-electron chi connectivity index (χ1n) is 7.51. The number of hydrogen-bond donors (Lipinski definition) is 1. The summed E-state index contributed by atoms with van der Waals surface area (Å²) in [5, 5.41) is 10.7. The Morgan fingerprint density at radius 2 is 1.39 bits per heavy atom. The molecule has 1 amide bonds. The van der Waals surface area contributed by atoms with Crippen LogP contribution in [0.25, 0.3) is 0 Å². The minimum atomic E-state index is -1.05. The first-order valence-corrected chi connectivity index (χ1v) is 7.51. The number of piperidine rings is 1. The van der Waals surface area contributed by atoms with E-state index in [2.05, 4.69) is 0 Å². The standard InChI is InChI=1S/C18H17F2NO2/c19-15-5-1-13(2-6-15)17(22)21-11-9-18(23,10-12-21)14-3-7-16(20)8-4-14/h1-8,23H,9-12H2. The van der Waals surface area contributed by atoms with Gasteiger partial charge in [-0.3, -0.25) is 4.79 Å². The number of halogens is 2. The molecule has 0 spiro atoms. The second-order valence-electron chi connectivity index (χ2n) is 5.84. The van der Waals surface area contributed by atoms with Crippen molar-refractivity contribution in [1.82, 2.24) is 4.90 Å². The maximum atomic E-state index is 13.0. The summed E-state index contributed by atoms with van der Waals surface area (Å²) in [6.45, 7) is 0.786. The van der Waals surface area contributed by atoms with E-state index in [-0.39, 0.29) is 17.5 Å². The van der Waals surface area contributed by atoms with E-state index in [0.717, 1.165) is 0 Å². The lowest BCUT2D eigenvalue weighted by Crippen LogP contribution is -2.45. The fraction of sp³-hybridized carbons (Fsp3) is 0.278. The molecule has 1 saturated heterocycles. The zero-order valence-corrected chi connectivity index (χ0v) is 12.5. The highest BCUT2D eigenvalue weighted by molar-refractivity contribution is 5.94. The first kappa shape index (κ1) is 15.6. The third kappa shape index (κ3) is 3.24. The SMILES string of the molecule is O=C(c1ccc(F)cc1)N1CCC(O)(c2ccc(F)cc2)CC1. The highest BCUT2D eigenvalue weighted by atomic mass is 19.1. The van der Waals surface area contributed by atoms with Crippen LogP contribution in [0.15, 0.2) is 48.5 Å². The first-order chi connectivity index (χ1) is 11.0. The molecule has 5 heteroatoms. The van der Waals surface area contributed by atoms with E-state index >= 15 is 0 Å². The molecule has 1 aliphatic heterocycles. The van der Waals surface area contributed by atoms with Crippen LogP contribution < -0.4 is 0 Å². The molecule has 1 N–H and O–H groups in total. The number of carbonyl (C=O) groups excluding carboxylic acids is 1. The van der Waals surface area contributed by atoms with Crippen molar-refractivity contribution >= 4 is 5.91 Å². The van der Waals surface area contributed by atoms with Crippen LogP contribution in [0.1, 0.15) is 28.8 Å². The molecule has 0 aromatic heterocycles. The molecule has 0 aliphatic carbocycles. The maximum absolute atomic E-state index is 13.0. The fourth-order valence-corrected chi connectivity index (χ4v) is 2.90. The molecule has 23 heavy (non-hydrogen) atoms. The van der Waals surface area contributed by atoms with Gasteiger partial charge in [0.25, 0.3) is 5.91 Å². The summed E-state index contributed by atoms with van der Waals surface area (Å²) >= 11 is 0. The van der Waals surface area contributed by atoms with E-state index < -0.39 is 5.60 Å². The molecule has 0 saturated carbocycles. The quantitative estimate of drug-likeness (QED) is 0.925. The van der Waals surface area contributed by atoms with Crippen LogP contribution >= 0.6 is 0 Å². The van der Waals surface area contributed by atoms with E-state index in [1.54, 1.807) is 17.0 Å². The summed E-state index contributed by atoms with van der Waals surface area (Å²) in [6.07, 6.45) is 0.761. The topological polar surface area (TPSA) is 40.5 Å². The Balaban J connectivity index is 1.69. The highest BCUT2D eigenvalue weighted by Crippen LogP contribution is 2.33. The molecular formula is C18H17F2NO2. The Kier molecular flexibility index (Phi) is 4.13. The Morgan fingerprint density at radius 1 is 0.913 bits per heavy atom. The zero-order valence-electron chi connectivity index (χ0n) is 12.5. The third-order valence-electron chi connectivity index (χ3n) is 4.35. The predicted molar refractivity (Wildman–Crippen MR) is 81.8 cm³/mol.